The number of hydrogen-bond acceptors (Lipinski definition) is 4. The average Bonchev–Trinajstić information content (AvgIpc) is 2.62. The molecule has 0 saturated carbocycles. The lowest BCUT2D eigenvalue weighted by Crippen LogP contribution is -2.16. The van der Waals surface area contributed by atoms with Crippen LogP contribution in [0.2, 0.25) is 5.02 Å². The molecule has 0 spiro atoms. The van der Waals surface area contributed by atoms with E-state index in [9.17, 15) is 9.67 Å². The summed E-state index contributed by atoms with van der Waals surface area (Å²) in [6.07, 6.45) is 1.71. The number of hydrogen-bond donors (Lipinski definition) is 1. The summed E-state index contributed by atoms with van der Waals surface area (Å²) < 4.78 is 19.4. The highest BCUT2D eigenvalue weighted by Gasteiger charge is 2.36. The van der Waals surface area contributed by atoms with E-state index in [4.69, 9.17) is 16.1 Å². The Morgan fingerprint density at radius 1 is 1.12 bits per heavy atom. The number of aliphatic hydroxyl groups excluding tert-OH is 1. The summed E-state index contributed by atoms with van der Waals surface area (Å²) in [6, 6.07) is 14.0. The summed E-state index contributed by atoms with van der Waals surface area (Å²) >= 11 is 5.91. The third kappa shape index (κ3) is 4.86. The Kier molecular flexibility index (Phi) is 7.09. The first-order valence-corrected chi connectivity index (χ1v) is 10.4. The maximum atomic E-state index is 13.6. The van der Waals surface area contributed by atoms with Crippen molar-refractivity contribution in [3.63, 3.8) is 0 Å². The number of nitrogens with zero attached hydrogens (tertiary/aromatic N) is 1. The molecule has 0 heterocycles. The zero-order valence-electron chi connectivity index (χ0n) is 14.9. The third-order valence-electron chi connectivity index (χ3n) is 4.00. The number of unbranched alkanes of at least 4 members (excludes halogenated alkanes) is 1. The van der Waals surface area contributed by atoms with Gasteiger partial charge in [0.1, 0.15) is 0 Å². The van der Waals surface area contributed by atoms with E-state index >= 15 is 0 Å². The maximum absolute atomic E-state index is 13.6. The molecule has 4 nitrogen and oxygen atoms in total. The number of rotatable bonds is 8. The van der Waals surface area contributed by atoms with Gasteiger partial charge in [0.15, 0.2) is 5.85 Å². The molecule has 0 saturated heterocycles. The molecule has 0 bridgehead atoms. The molecule has 2 atom stereocenters. The van der Waals surface area contributed by atoms with Crippen molar-refractivity contribution in [2.45, 2.75) is 25.6 Å². The Hall–Kier alpha value is -1.32. The first-order chi connectivity index (χ1) is 11.9. The second-order valence-corrected chi connectivity index (χ2v) is 9.01. The van der Waals surface area contributed by atoms with Crippen molar-refractivity contribution < 1.29 is 14.2 Å². The zero-order chi connectivity index (χ0) is 18.4. The van der Waals surface area contributed by atoms with E-state index in [1.807, 2.05) is 38.1 Å². The van der Waals surface area contributed by atoms with Crippen LogP contribution in [-0.2, 0) is 9.09 Å². The molecule has 1 N–H and O–H groups in total. The van der Waals surface area contributed by atoms with Crippen molar-refractivity contribution in [1.82, 2.24) is 0 Å². The van der Waals surface area contributed by atoms with E-state index < -0.39 is 13.2 Å². The van der Waals surface area contributed by atoms with Gasteiger partial charge in [-0.15, -0.1) is 0 Å². The predicted octanol–water partition coefficient (Wildman–Crippen LogP) is 4.82. The molecule has 2 rings (SSSR count). The fourth-order valence-corrected chi connectivity index (χ4v) is 4.65. The lowest BCUT2D eigenvalue weighted by atomic mass is 10.2. The predicted molar refractivity (Wildman–Crippen MR) is 105 cm³/mol. The normalized spacial score (nSPS) is 14.8. The van der Waals surface area contributed by atoms with E-state index in [2.05, 4.69) is 0 Å². The van der Waals surface area contributed by atoms with Crippen LogP contribution < -0.4 is 10.2 Å². The Morgan fingerprint density at radius 3 is 2.24 bits per heavy atom. The molecule has 2 aromatic rings. The van der Waals surface area contributed by atoms with Gasteiger partial charge in [-0.2, -0.15) is 0 Å². The van der Waals surface area contributed by atoms with Gasteiger partial charge in [0.05, 0.1) is 6.61 Å². The van der Waals surface area contributed by atoms with Gasteiger partial charge in [-0.1, -0.05) is 37.1 Å². The van der Waals surface area contributed by atoms with E-state index in [1.54, 1.807) is 36.4 Å². The van der Waals surface area contributed by atoms with Gasteiger partial charge in [-0.25, -0.2) is 0 Å². The molecule has 0 amide bonds. The second kappa shape index (κ2) is 8.86. The fraction of sp³-hybridized carbons (Fsp3) is 0.368. The summed E-state index contributed by atoms with van der Waals surface area (Å²) in [6.45, 7) is 2.38. The lowest BCUT2D eigenvalue weighted by Gasteiger charge is -2.25. The molecule has 136 valence electrons. The van der Waals surface area contributed by atoms with Crippen LogP contribution in [0.4, 0.5) is 5.69 Å². The average molecular weight is 382 g/mol. The van der Waals surface area contributed by atoms with Crippen molar-refractivity contribution in [1.29, 1.82) is 0 Å². The maximum Gasteiger partial charge on any atom is 0.264 e. The number of benzene rings is 2. The van der Waals surface area contributed by atoms with Gasteiger partial charge in [0, 0.05) is 30.1 Å². The molecule has 0 aliphatic rings. The van der Waals surface area contributed by atoms with Gasteiger partial charge in [-0.3, -0.25) is 4.57 Å². The van der Waals surface area contributed by atoms with E-state index in [0.717, 1.165) is 18.5 Å². The standard InChI is InChI=1S/C19H25ClNO3P/c1-4-5-14-24-25(23,18-12-10-17(11-13-18)21(2)3)19(22)15-6-8-16(20)9-7-15/h6-13,19,22H,4-5,14H2,1-3H3/t19-,25+/m1/s1. The van der Waals surface area contributed by atoms with Gasteiger partial charge in [0.25, 0.3) is 7.37 Å². The molecule has 2 aromatic carbocycles. The molecule has 0 fully saturated rings. The van der Waals surface area contributed by atoms with Crippen molar-refractivity contribution in [3.8, 4) is 0 Å². The van der Waals surface area contributed by atoms with Crippen LogP contribution in [0.5, 0.6) is 0 Å². The minimum atomic E-state index is -3.49. The number of halogens is 1. The second-order valence-electron chi connectivity index (χ2n) is 6.12. The number of aliphatic hydroxyl groups is 1. The molecule has 0 aliphatic heterocycles. The minimum absolute atomic E-state index is 0.341. The first kappa shape index (κ1) is 20.0. The molecular weight excluding hydrogens is 357 g/mol. The minimum Gasteiger partial charge on any atom is -0.378 e. The summed E-state index contributed by atoms with van der Waals surface area (Å²) in [5.74, 6) is -1.23. The van der Waals surface area contributed by atoms with Crippen LogP contribution in [-0.4, -0.2) is 25.8 Å². The van der Waals surface area contributed by atoms with Gasteiger partial charge < -0.3 is 14.5 Å². The first-order valence-electron chi connectivity index (χ1n) is 8.34. The summed E-state index contributed by atoms with van der Waals surface area (Å²) in [4.78, 5) is 1.96. The van der Waals surface area contributed by atoms with Gasteiger partial charge >= 0.3 is 0 Å². The highest BCUT2D eigenvalue weighted by Crippen LogP contribution is 2.57. The van der Waals surface area contributed by atoms with Crippen molar-refractivity contribution in [3.05, 3.63) is 59.1 Å². The van der Waals surface area contributed by atoms with Crippen LogP contribution in [0.1, 0.15) is 31.2 Å². The monoisotopic (exact) mass is 381 g/mol. The third-order valence-corrected chi connectivity index (χ3v) is 6.78. The van der Waals surface area contributed by atoms with E-state index in [0.29, 0.717) is 22.5 Å². The van der Waals surface area contributed by atoms with Crippen molar-refractivity contribution >= 4 is 30.0 Å². The fourth-order valence-electron chi connectivity index (χ4n) is 2.42. The molecule has 0 unspecified atom stereocenters. The van der Waals surface area contributed by atoms with Crippen molar-refractivity contribution in [2.75, 3.05) is 25.6 Å². The molecule has 6 heteroatoms. The molecule has 25 heavy (non-hydrogen) atoms. The van der Waals surface area contributed by atoms with Crippen LogP contribution >= 0.6 is 19.0 Å². The van der Waals surface area contributed by atoms with Gasteiger partial charge in [-0.05, 0) is 48.4 Å². The Bertz CT molecular complexity index is 716. The van der Waals surface area contributed by atoms with Crippen molar-refractivity contribution in [2.24, 2.45) is 0 Å². The zero-order valence-corrected chi connectivity index (χ0v) is 16.5. The molecule has 0 aliphatic carbocycles. The van der Waals surface area contributed by atoms with Crippen LogP contribution in [0, 0.1) is 0 Å². The Morgan fingerprint density at radius 2 is 1.72 bits per heavy atom. The highest BCUT2D eigenvalue weighted by molar-refractivity contribution is 7.67. The van der Waals surface area contributed by atoms with Crippen LogP contribution in [0.3, 0.4) is 0 Å². The Balaban J connectivity index is 2.38. The molecular formula is C19H25ClNO3P. The summed E-state index contributed by atoms with van der Waals surface area (Å²) in [5.41, 5.74) is 1.52. The Labute approximate surface area is 154 Å². The SMILES string of the molecule is CCCCO[P@@](=O)(c1ccc(N(C)C)cc1)[C@@H](O)c1ccc(Cl)cc1. The summed E-state index contributed by atoms with van der Waals surface area (Å²) in [5, 5.41) is 11.9. The van der Waals surface area contributed by atoms with E-state index in [-0.39, 0.29) is 0 Å². The molecule has 0 radical (unpaired) electrons. The molecule has 0 aromatic heterocycles. The smallest absolute Gasteiger partial charge is 0.264 e. The lowest BCUT2D eigenvalue weighted by molar-refractivity contribution is 0.213. The van der Waals surface area contributed by atoms with Gasteiger partial charge in [0.2, 0.25) is 0 Å². The van der Waals surface area contributed by atoms with E-state index in [1.165, 1.54) is 0 Å². The van der Waals surface area contributed by atoms with Crippen LogP contribution in [0.25, 0.3) is 0 Å². The number of anilines is 1. The topological polar surface area (TPSA) is 49.8 Å². The van der Waals surface area contributed by atoms with Crippen LogP contribution in [0.15, 0.2) is 48.5 Å². The largest absolute Gasteiger partial charge is 0.378 e. The highest BCUT2D eigenvalue weighted by atomic mass is 35.5. The summed E-state index contributed by atoms with van der Waals surface area (Å²) in [7, 11) is 0.393. The quantitative estimate of drug-likeness (QED) is 0.526.